The molecule has 0 nitrogen and oxygen atoms in total. The highest BCUT2D eigenvalue weighted by molar-refractivity contribution is 7.27. The van der Waals surface area contributed by atoms with Gasteiger partial charge >= 0.3 is 0 Å². The van der Waals surface area contributed by atoms with Crippen molar-refractivity contribution < 1.29 is 0 Å². The number of aryl methyl sites for hydroxylation is 1. The Kier molecular flexibility index (Phi) is 5.31. The second kappa shape index (κ2) is 7.20. The SMILES string of the molecule is C=C/C(=C\C=C(/C)c1ccc(P)cc1)c1ccc(C)cc1. The fraction of sp³-hybridized carbons (Fsp3) is 0.100. The van der Waals surface area contributed by atoms with E-state index in [1.54, 1.807) is 0 Å². The molecule has 0 N–H and O–H groups in total. The molecule has 0 aliphatic heterocycles. The smallest absolute Gasteiger partial charge is 0.0184 e. The minimum absolute atomic E-state index is 1.14. The van der Waals surface area contributed by atoms with E-state index in [0.717, 1.165) is 5.57 Å². The number of benzene rings is 2. The molecule has 21 heavy (non-hydrogen) atoms. The molecule has 0 saturated heterocycles. The molecule has 2 aromatic carbocycles. The standard InChI is InChI=1S/C20H21P/c1-4-17(19-8-5-15(2)6-9-19)10-7-16(3)18-11-13-20(21)14-12-18/h4-14H,1,21H2,2-3H3/b16-7+,17-10+. The van der Waals surface area contributed by atoms with Gasteiger partial charge in [-0.25, -0.2) is 0 Å². The lowest BCUT2D eigenvalue weighted by Crippen LogP contribution is -1.89. The summed E-state index contributed by atoms with van der Waals surface area (Å²) in [5, 5.41) is 1.20. The Hall–Kier alpha value is -1.91. The molecule has 1 atom stereocenters. The topological polar surface area (TPSA) is 0 Å². The largest absolute Gasteiger partial charge is 0.106 e. The van der Waals surface area contributed by atoms with E-state index >= 15 is 0 Å². The zero-order chi connectivity index (χ0) is 15.2. The third kappa shape index (κ3) is 4.28. The van der Waals surface area contributed by atoms with Crippen molar-refractivity contribution in [3.8, 4) is 0 Å². The summed E-state index contributed by atoms with van der Waals surface area (Å²) in [6, 6.07) is 17.0. The summed E-state index contributed by atoms with van der Waals surface area (Å²) < 4.78 is 0. The maximum atomic E-state index is 3.92. The van der Waals surface area contributed by atoms with E-state index in [1.165, 1.54) is 27.6 Å². The van der Waals surface area contributed by atoms with Crippen LogP contribution < -0.4 is 5.30 Å². The summed E-state index contributed by atoms with van der Waals surface area (Å²) >= 11 is 0. The molecule has 0 bridgehead atoms. The summed E-state index contributed by atoms with van der Waals surface area (Å²) in [4.78, 5) is 0. The van der Waals surface area contributed by atoms with Gasteiger partial charge in [-0.1, -0.05) is 78.9 Å². The Labute approximate surface area is 130 Å². The molecular weight excluding hydrogens is 271 g/mol. The number of rotatable bonds is 4. The minimum Gasteiger partial charge on any atom is -0.106 e. The number of hydrogen-bond donors (Lipinski definition) is 0. The predicted octanol–water partition coefficient (Wildman–Crippen LogP) is 5.17. The molecule has 106 valence electrons. The van der Waals surface area contributed by atoms with Crippen molar-refractivity contribution in [3.63, 3.8) is 0 Å². The van der Waals surface area contributed by atoms with Crippen LogP contribution in [-0.2, 0) is 0 Å². The van der Waals surface area contributed by atoms with Crippen LogP contribution in [-0.4, -0.2) is 0 Å². The highest BCUT2D eigenvalue weighted by Gasteiger charge is 1.97. The van der Waals surface area contributed by atoms with Crippen LogP contribution in [0, 0.1) is 6.92 Å². The average Bonchev–Trinajstić information content (AvgIpc) is 2.50. The second-order valence-electron chi connectivity index (χ2n) is 5.16. The molecule has 0 fully saturated rings. The molecule has 0 spiro atoms. The van der Waals surface area contributed by atoms with E-state index < -0.39 is 0 Å². The van der Waals surface area contributed by atoms with Crippen LogP contribution >= 0.6 is 9.24 Å². The van der Waals surface area contributed by atoms with Gasteiger partial charge in [0, 0.05) is 0 Å². The lowest BCUT2D eigenvalue weighted by molar-refractivity contribution is 1.45. The molecule has 0 radical (unpaired) electrons. The van der Waals surface area contributed by atoms with Crippen LogP contribution in [0.5, 0.6) is 0 Å². The summed E-state index contributed by atoms with van der Waals surface area (Å²) in [6.07, 6.45) is 6.18. The molecule has 0 aliphatic rings. The van der Waals surface area contributed by atoms with E-state index in [-0.39, 0.29) is 0 Å². The highest BCUT2D eigenvalue weighted by atomic mass is 31.0. The maximum absolute atomic E-state index is 3.92. The Morgan fingerprint density at radius 1 is 0.905 bits per heavy atom. The molecule has 1 heteroatoms. The third-order valence-corrected chi connectivity index (χ3v) is 3.87. The molecule has 0 saturated carbocycles. The first-order valence-corrected chi connectivity index (χ1v) is 7.62. The van der Waals surface area contributed by atoms with Crippen LogP contribution in [0.1, 0.15) is 23.6 Å². The van der Waals surface area contributed by atoms with Crippen LogP contribution in [0.15, 0.2) is 73.3 Å². The lowest BCUT2D eigenvalue weighted by atomic mass is 10.0. The van der Waals surface area contributed by atoms with Crippen LogP contribution in [0.2, 0.25) is 0 Å². The molecule has 2 rings (SSSR count). The zero-order valence-electron chi connectivity index (χ0n) is 12.6. The van der Waals surface area contributed by atoms with Crippen LogP contribution in [0.4, 0.5) is 0 Å². The summed E-state index contributed by atoms with van der Waals surface area (Å²) in [5.74, 6) is 0. The van der Waals surface area contributed by atoms with Gasteiger partial charge in [0.1, 0.15) is 0 Å². The van der Waals surface area contributed by atoms with Crippen molar-refractivity contribution >= 4 is 25.7 Å². The first kappa shape index (κ1) is 15.5. The first-order valence-electron chi connectivity index (χ1n) is 7.04. The Morgan fingerprint density at radius 2 is 1.48 bits per heavy atom. The predicted molar refractivity (Wildman–Crippen MR) is 98.8 cm³/mol. The Morgan fingerprint density at radius 3 is 2.05 bits per heavy atom. The van der Waals surface area contributed by atoms with E-state index in [1.807, 2.05) is 6.08 Å². The van der Waals surface area contributed by atoms with Gasteiger partial charge in [0.15, 0.2) is 0 Å². The van der Waals surface area contributed by atoms with E-state index in [4.69, 9.17) is 0 Å². The maximum Gasteiger partial charge on any atom is -0.0184 e. The van der Waals surface area contributed by atoms with Gasteiger partial charge in [0.25, 0.3) is 0 Å². The summed E-state index contributed by atoms with van der Waals surface area (Å²) in [7, 11) is 2.71. The molecule has 0 amide bonds. The van der Waals surface area contributed by atoms with Gasteiger partial charge in [-0.2, -0.15) is 0 Å². The van der Waals surface area contributed by atoms with Gasteiger partial charge < -0.3 is 0 Å². The summed E-state index contributed by atoms with van der Waals surface area (Å²) in [6.45, 7) is 8.15. The second-order valence-corrected chi connectivity index (χ2v) is 5.83. The fourth-order valence-electron chi connectivity index (χ4n) is 2.09. The van der Waals surface area contributed by atoms with Crippen molar-refractivity contribution in [1.82, 2.24) is 0 Å². The van der Waals surface area contributed by atoms with Gasteiger partial charge in [0.05, 0.1) is 0 Å². The molecule has 1 unspecified atom stereocenters. The number of allylic oxidation sites excluding steroid dienone is 5. The minimum atomic E-state index is 1.14. The van der Waals surface area contributed by atoms with Crippen molar-refractivity contribution in [2.75, 3.05) is 0 Å². The van der Waals surface area contributed by atoms with Crippen molar-refractivity contribution in [3.05, 3.63) is 90.0 Å². The third-order valence-electron chi connectivity index (χ3n) is 3.48. The van der Waals surface area contributed by atoms with E-state index in [2.05, 4.69) is 90.3 Å². The Balaban J connectivity index is 2.27. The molecular formula is C20H21P. The molecule has 2 aromatic rings. The lowest BCUT2D eigenvalue weighted by Gasteiger charge is -2.04. The van der Waals surface area contributed by atoms with Crippen LogP contribution in [0.3, 0.4) is 0 Å². The zero-order valence-corrected chi connectivity index (χ0v) is 13.8. The number of hydrogen-bond acceptors (Lipinski definition) is 0. The Bertz CT molecular complexity index is 671. The monoisotopic (exact) mass is 292 g/mol. The van der Waals surface area contributed by atoms with E-state index in [0.29, 0.717) is 0 Å². The highest BCUT2D eigenvalue weighted by Crippen LogP contribution is 2.19. The van der Waals surface area contributed by atoms with Crippen molar-refractivity contribution in [1.29, 1.82) is 0 Å². The van der Waals surface area contributed by atoms with Gasteiger partial charge in [0.2, 0.25) is 0 Å². The van der Waals surface area contributed by atoms with Gasteiger partial charge in [-0.05, 0) is 41.4 Å². The van der Waals surface area contributed by atoms with Gasteiger partial charge in [-0.15, -0.1) is 9.24 Å². The average molecular weight is 292 g/mol. The molecule has 0 heterocycles. The van der Waals surface area contributed by atoms with Gasteiger partial charge in [-0.3, -0.25) is 0 Å². The molecule has 0 aromatic heterocycles. The molecule has 0 aliphatic carbocycles. The first-order chi connectivity index (χ1) is 10.1. The summed E-state index contributed by atoms with van der Waals surface area (Å²) in [5.41, 5.74) is 6.08. The van der Waals surface area contributed by atoms with Crippen molar-refractivity contribution in [2.45, 2.75) is 13.8 Å². The van der Waals surface area contributed by atoms with Crippen LogP contribution in [0.25, 0.3) is 11.1 Å². The van der Waals surface area contributed by atoms with Crippen molar-refractivity contribution in [2.24, 2.45) is 0 Å². The fourth-order valence-corrected chi connectivity index (χ4v) is 2.28. The van der Waals surface area contributed by atoms with E-state index in [9.17, 15) is 0 Å². The quantitative estimate of drug-likeness (QED) is 0.539. The normalized spacial score (nSPS) is 12.3.